The van der Waals surface area contributed by atoms with Gasteiger partial charge in [0, 0.05) is 37.2 Å². The molecule has 3 rings (SSSR count). The number of aryl methyl sites for hydroxylation is 1. The van der Waals surface area contributed by atoms with Crippen LogP contribution in [0, 0.1) is 6.92 Å². The molecule has 2 aromatic heterocycles. The first-order chi connectivity index (χ1) is 9.74. The molecule has 3 heterocycles. The first-order valence-electron chi connectivity index (χ1n) is 7.39. The third-order valence-corrected chi connectivity index (χ3v) is 4.19. The Morgan fingerprint density at radius 1 is 1.30 bits per heavy atom. The third-order valence-electron chi connectivity index (χ3n) is 4.19. The van der Waals surface area contributed by atoms with Crippen LogP contribution in [0.4, 0.5) is 0 Å². The van der Waals surface area contributed by atoms with Crippen molar-refractivity contribution >= 4 is 0 Å². The van der Waals surface area contributed by atoms with E-state index in [1.54, 1.807) is 0 Å². The average molecular weight is 270 g/mol. The zero-order chi connectivity index (χ0) is 13.9. The molecule has 2 atom stereocenters. The summed E-state index contributed by atoms with van der Waals surface area (Å²) in [6.07, 6.45) is 11.5. The number of aromatic nitrogens is 3. The van der Waals surface area contributed by atoms with Gasteiger partial charge in [-0.05, 0) is 50.3 Å². The molecule has 0 aromatic carbocycles. The lowest BCUT2D eigenvalue weighted by Gasteiger charge is -2.29. The second-order valence-electron chi connectivity index (χ2n) is 5.80. The number of nitrogens with one attached hydrogen (secondary N) is 1. The minimum absolute atomic E-state index is 0.434. The molecular formula is C16H22N4. The minimum Gasteiger partial charge on any atom is -0.329 e. The zero-order valence-electron chi connectivity index (χ0n) is 12.2. The second-order valence-corrected chi connectivity index (χ2v) is 5.80. The number of imidazole rings is 1. The molecule has 1 saturated heterocycles. The van der Waals surface area contributed by atoms with Gasteiger partial charge in [0.15, 0.2) is 0 Å². The minimum atomic E-state index is 0.434. The van der Waals surface area contributed by atoms with Crippen molar-refractivity contribution in [1.29, 1.82) is 0 Å². The van der Waals surface area contributed by atoms with E-state index in [1.807, 2.05) is 24.9 Å². The van der Waals surface area contributed by atoms with Gasteiger partial charge in [-0.2, -0.15) is 0 Å². The summed E-state index contributed by atoms with van der Waals surface area (Å²) < 4.78 is 2.26. The molecule has 1 aliphatic heterocycles. The highest BCUT2D eigenvalue weighted by molar-refractivity contribution is 5.23. The molecule has 1 fully saturated rings. The Morgan fingerprint density at radius 3 is 3.00 bits per heavy atom. The molecule has 2 unspecified atom stereocenters. The number of rotatable bonds is 3. The number of piperidine rings is 1. The van der Waals surface area contributed by atoms with Crippen LogP contribution < -0.4 is 5.32 Å². The van der Waals surface area contributed by atoms with Crippen molar-refractivity contribution in [3.63, 3.8) is 0 Å². The van der Waals surface area contributed by atoms with Gasteiger partial charge in [-0.25, -0.2) is 4.98 Å². The number of hydrogen-bond acceptors (Lipinski definition) is 3. The molecular weight excluding hydrogens is 248 g/mol. The van der Waals surface area contributed by atoms with Crippen molar-refractivity contribution in [1.82, 2.24) is 19.9 Å². The van der Waals surface area contributed by atoms with Crippen molar-refractivity contribution in [3.8, 4) is 0 Å². The Morgan fingerprint density at radius 2 is 2.20 bits per heavy atom. The van der Waals surface area contributed by atoms with Crippen LogP contribution >= 0.6 is 0 Å². The molecule has 0 spiro atoms. The van der Waals surface area contributed by atoms with E-state index in [0.717, 1.165) is 6.54 Å². The summed E-state index contributed by atoms with van der Waals surface area (Å²) in [5.74, 6) is 0. The molecule has 0 saturated carbocycles. The van der Waals surface area contributed by atoms with Crippen molar-refractivity contribution < 1.29 is 0 Å². The summed E-state index contributed by atoms with van der Waals surface area (Å²) in [7, 11) is 0. The lowest BCUT2D eigenvalue weighted by Crippen LogP contribution is -2.35. The predicted molar refractivity (Wildman–Crippen MR) is 79.5 cm³/mol. The van der Waals surface area contributed by atoms with E-state index in [-0.39, 0.29) is 0 Å². The van der Waals surface area contributed by atoms with Gasteiger partial charge in [-0.15, -0.1) is 0 Å². The molecule has 4 nitrogen and oxygen atoms in total. The maximum Gasteiger partial charge on any atom is 0.0951 e. The second kappa shape index (κ2) is 5.75. The van der Waals surface area contributed by atoms with Gasteiger partial charge in [0.2, 0.25) is 0 Å². The zero-order valence-corrected chi connectivity index (χ0v) is 12.2. The SMILES string of the molecule is Cc1cnccc1Cn1cncc1C1CCCC(C)N1. The van der Waals surface area contributed by atoms with Gasteiger partial charge >= 0.3 is 0 Å². The van der Waals surface area contributed by atoms with Gasteiger partial charge in [-0.3, -0.25) is 4.98 Å². The molecule has 0 bridgehead atoms. The molecule has 1 N–H and O–H groups in total. The smallest absolute Gasteiger partial charge is 0.0951 e. The number of pyridine rings is 1. The Bertz CT molecular complexity index is 575. The Balaban J connectivity index is 1.81. The summed E-state index contributed by atoms with van der Waals surface area (Å²) in [5.41, 5.74) is 3.84. The van der Waals surface area contributed by atoms with Gasteiger partial charge in [-0.1, -0.05) is 0 Å². The molecule has 4 heteroatoms. The first kappa shape index (κ1) is 13.3. The van der Waals surface area contributed by atoms with E-state index in [2.05, 4.69) is 39.8 Å². The molecule has 1 aliphatic rings. The van der Waals surface area contributed by atoms with Gasteiger partial charge in [0.1, 0.15) is 0 Å². The van der Waals surface area contributed by atoms with Crippen LogP contribution in [0.3, 0.4) is 0 Å². The maximum absolute atomic E-state index is 4.36. The number of nitrogens with zero attached hydrogens (tertiary/aromatic N) is 3. The van der Waals surface area contributed by atoms with Crippen molar-refractivity contribution in [2.24, 2.45) is 0 Å². The van der Waals surface area contributed by atoms with Crippen LogP contribution in [0.5, 0.6) is 0 Å². The van der Waals surface area contributed by atoms with Crippen LogP contribution in [-0.4, -0.2) is 20.6 Å². The Hall–Kier alpha value is -1.68. The topological polar surface area (TPSA) is 42.7 Å². The number of hydrogen-bond donors (Lipinski definition) is 1. The third kappa shape index (κ3) is 2.75. The summed E-state index contributed by atoms with van der Waals surface area (Å²) >= 11 is 0. The van der Waals surface area contributed by atoms with E-state index < -0.39 is 0 Å². The molecule has 106 valence electrons. The van der Waals surface area contributed by atoms with Crippen molar-refractivity contribution in [3.05, 3.63) is 47.8 Å². The average Bonchev–Trinajstić information content (AvgIpc) is 2.90. The van der Waals surface area contributed by atoms with E-state index in [4.69, 9.17) is 0 Å². The van der Waals surface area contributed by atoms with Crippen LogP contribution in [0.1, 0.15) is 49.0 Å². The summed E-state index contributed by atoms with van der Waals surface area (Å²) in [5, 5.41) is 3.69. The van der Waals surface area contributed by atoms with Gasteiger partial charge in [0.25, 0.3) is 0 Å². The molecule has 0 radical (unpaired) electrons. The standard InChI is InChI=1S/C16H22N4/c1-12-8-17-7-6-14(12)10-20-11-18-9-16(20)15-5-3-4-13(2)19-15/h6-9,11,13,15,19H,3-5,10H2,1-2H3. The van der Waals surface area contributed by atoms with Crippen LogP contribution in [0.2, 0.25) is 0 Å². The molecule has 20 heavy (non-hydrogen) atoms. The monoisotopic (exact) mass is 270 g/mol. The highest BCUT2D eigenvalue weighted by Crippen LogP contribution is 2.25. The Kier molecular flexibility index (Phi) is 3.83. The Labute approximate surface area is 120 Å². The van der Waals surface area contributed by atoms with Crippen molar-refractivity contribution in [2.75, 3.05) is 0 Å². The van der Waals surface area contributed by atoms with Gasteiger partial charge < -0.3 is 9.88 Å². The highest BCUT2D eigenvalue weighted by atomic mass is 15.1. The van der Waals surface area contributed by atoms with Crippen LogP contribution in [0.15, 0.2) is 31.0 Å². The molecule has 0 amide bonds. The largest absolute Gasteiger partial charge is 0.329 e. The van der Waals surface area contributed by atoms with E-state index >= 15 is 0 Å². The predicted octanol–water partition coefficient (Wildman–Crippen LogP) is 2.84. The maximum atomic E-state index is 4.36. The first-order valence-corrected chi connectivity index (χ1v) is 7.39. The highest BCUT2D eigenvalue weighted by Gasteiger charge is 2.22. The lowest BCUT2D eigenvalue weighted by atomic mass is 9.97. The van der Waals surface area contributed by atoms with Crippen LogP contribution in [-0.2, 0) is 6.54 Å². The van der Waals surface area contributed by atoms with Crippen molar-refractivity contribution in [2.45, 2.75) is 51.7 Å². The quantitative estimate of drug-likeness (QED) is 0.932. The fourth-order valence-corrected chi connectivity index (χ4v) is 2.99. The summed E-state index contributed by atoms with van der Waals surface area (Å²) in [6, 6.07) is 3.12. The van der Waals surface area contributed by atoms with E-state index in [1.165, 1.54) is 36.1 Å². The van der Waals surface area contributed by atoms with Crippen LogP contribution in [0.25, 0.3) is 0 Å². The molecule has 0 aliphatic carbocycles. The normalized spacial score (nSPS) is 22.9. The lowest BCUT2D eigenvalue weighted by molar-refractivity contribution is 0.330. The fourth-order valence-electron chi connectivity index (χ4n) is 2.99. The van der Waals surface area contributed by atoms with E-state index in [9.17, 15) is 0 Å². The van der Waals surface area contributed by atoms with E-state index in [0.29, 0.717) is 12.1 Å². The molecule has 2 aromatic rings. The van der Waals surface area contributed by atoms with Gasteiger partial charge in [0.05, 0.1) is 12.0 Å². The fraction of sp³-hybridized carbons (Fsp3) is 0.500. The summed E-state index contributed by atoms with van der Waals surface area (Å²) in [6.45, 7) is 5.25. The summed E-state index contributed by atoms with van der Waals surface area (Å²) in [4.78, 5) is 8.51.